The number of nitrogens with one attached hydrogen (secondary N) is 1. The number of hydrogen-bond donors (Lipinski definition) is 2. The lowest BCUT2D eigenvalue weighted by molar-refractivity contribution is -0.115. The molecule has 0 fully saturated rings. The van der Waals surface area contributed by atoms with Crippen molar-refractivity contribution in [1.29, 1.82) is 0 Å². The van der Waals surface area contributed by atoms with Crippen molar-refractivity contribution in [3.8, 4) is 0 Å². The molecule has 2 N–H and O–H groups in total. The number of aromatic carboxylic acids is 1. The number of rotatable bonds is 4. The molecule has 6 nitrogen and oxygen atoms in total. The lowest BCUT2D eigenvalue weighted by Crippen LogP contribution is -2.17. The van der Waals surface area contributed by atoms with Gasteiger partial charge in [-0.05, 0) is 12.1 Å². The Morgan fingerprint density at radius 2 is 2.09 bits per heavy atom. The summed E-state index contributed by atoms with van der Waals surface area (Å²) in [6.45, 7) is 5.87. The smallest absolute Gasteiger partial charge is 0.347 e. The summed E-state index contributed by atoms with van der Waals surface area (Å²) in [5, 5.41) is 12.7. The van der Waals surface area contributed by atoms with Crippen LogP contribution in [-0.4, -0.2) is 27.0 Å². The van der Waals surface area contributed by atoms with Gasteiger partial charge in [-0.1, -0.05) is 20.8 Å². The molecule has 116 valence electrons. The molecular formula is C15H17N3O3S. The maximum absolute atomic E-state index is 12.0. The Hall–Kier alpha value is -2.28. The maximum atomic E-state index is 12.0. The highest BCUT2D eigenvalue weighted by Crippen LogP contribution is 2.29. The number of anilines is 1. The molecule has 0 spiro atoms. The standard InChI is InChI=1S/C15H17N3O3S/c1-15(2,3)14-18-10(12(22-14)13(20)21)7-11(19)17-9-5-4-6-16-8-9/h4-6,8H,7H2,1-3H3,(H,17,19)(H,20,21). The summed E-state index contributed by atoms with van der Waals surface area (Å²) in [5.74, 6) is -1.38. The van der Waals surface area contributed by atoms with Crippen LogP contribution >= 0.6 is 11.3 Å². The highest BCUT2D eigenvalue weighted by Gasteiger charge is 2.25. The van der Waals surface area contributed by atoms with Gasteiger partial charge in [0.1, 0.15) is 4.88 Å². The van der Waals surface area contributed by atoms with Crippen LogP contribution < -0.4 is 5.32 Å². The number of thiazole rings is 1. The molecule has 1 amide bonds. The molecule has 22 heavy (non-hydrogen) atoms. The van der Waals surface area contributed by atoms with E-state index in [1.54, 1.807) is 18.3 Å². The zero-order chi connectivity index (χ0) is 16.3. The van der Waals surface area contributed by atoms with Crippen LogP contribution in [0.4, 0.5) is 5.69 Å². The van der Waals surface area contributed by atoms with Crippen LogP contribution in [0.2, 0.25) is 0 Å². The summed E-state index contributed by atoms with van der Waals surface area (Å²) < 4.78 is 0. The fourth-order valence-corrected chi connectivity index (χ4v) is 2.73. The highest BCUT2D eigenvalue weighted by atomic mass is 32.1. The van der Waals surface area contributed by atoms with Gasteiger partial charge in [0.2, 0.25) is 5.91 Å². The predicted molar refractivity (Wildman–Crippen MR) is 84.3 cm³/mol. The van der Waals surface area contributed by atoms with Crippen molar-refractivity contribution in [2.24, 2.45) is 0 Å². The molecular weight excluding hydrogens is 302 g/mol. The van der Waals surface area contributed by atoms with Crippen molar-refractivity contribution in [3.63, 3.8) is 0 Å². The second kappa shape index (κ2) is 6.23. The summed E-state index contributed by atoms with van der Waals surface area (Å²) in [4.78, 5) is 31.7. The minimum absolute atomic E-state index is 0.0803. The molecule has 7 heteroatoms. The third-order valence-corrected chi connectivity index (χ3v) is 4.32. The van der Waals surface area contributed by atoms with Gasteiger partial charge >= 0.3 is 5.97 Å². The van der Waals surface area contributed by atoms with Crippen LogP contribution in [0.3, 0.4) is 0 Å². The highest BCUT2D eigenvalue weighted by molar-refractivity contribution is 7.13. The Labute approximate surface area is 132 Å². The number of carbonyl (C=O) groups excluding carboxylic acids is 1. The first-order valence-electron chi connectivity index (χ1n) is 6.70. The van der Waals surface area contributed by atoms with Gasteiger partial charge in [-0.3, -0.25) is 9.78 Å². The summed E-state index contributed by atoms with van der Waals surface area (Å²) >= 11 is 1.12. The molecule has 0 saturated carbocycles. The van der Waals surface area contributed by atoms with E-state index in [0.717, 1.165) is 11.3 Å². The topological polar surface area (TPSA) is 92.2 Å². The first kappa shape index (κ1) is 16.1. The minimum Gasteiger partial charge on any atom is -0.477 e. The van der Waals surface area contributed by atoms with Crippen molar-refractivity contribution < 1.29 is 14.7 Å². The first-order chi connectivity index (χ1) is 10.3. The van der Waals surface area contributed by atoms with E-state index in [4.69, 9.17) is 0 Å². The SMILES string of the molecule is CC(C)(C)c1nc(CC(=O)Nc2cccnc2)c(C(=O)O)s1. The molecule has 2 rings (SSSR count). The van der Waals surface area contributed by atoms with Gasteiger partial charge in [0.25, 0.3) is 0 Å². The van der Waals surface area contributed by atoms with E-state index in [1.807, 2.05) is 20.8 Å². The zero-order valence-electron chi connectivity index (χ0n) is 12.6. The summed E-state index contributed by atoms with van der Waals surface area (Å²) in [7, 11) is 0. The molecule has 0 aromatic carbocycles. The Morgan fingerprint density at radius 1 is 1.36 bits per heavy atom. The number of nitrogens with zero attached hydrogens (tertiary/aromatic N) is 2. The van der Waals surface area contributed by atoms with E-state index in [-0.39, 0.29) is 22.6 Å². The molecule has 0 aliphatic rings. The first-order valence-corrected chi connectivity index (χ1v) is 7.52. The number of carboxylic acids is 1. The Morgan fingerprint density at radius 3 is 2.64 bits per heavy atom. The van der Waals surface area contributed by atoms with Crippen molar-refractivity contribution in [1.82, 2.24) is 9.97 Å². The van der Waals surface area contributed by atoms with Crippen LogP contribution in [-0.2, 0) is 16.6 Å². The van der Waals surface area contributed by atoms with E-state index in [9.17, 15) is 14.7 Å². The number of aromatic nitrogens is 2. The van der Waals surface area contributed by atoms with Gasteiger partial charge in [0, 0.05) is 11.6 Å². The van der Waals surface area contributed by atoms with Gasteiger partial charge < -0.3 is 10.4 Å². The molecule has 0 aliphatic heterocycles. The molecule has 2 aromatic heterocycles. The Bertz CT molecular complexity index is 690. The summed E-state index contributed by atoms with van der Waals surface area (Å²) in [6.07, 6.45) is 3.05. The van der Waals surface area contributed by atoms with Gasteiger partial charge in [0.15, 0.2) is 0 Å². The molecule has 0 saturated heterocycles. The quantitative estimate of drug-likeness (QED) is 0.904. The van der Waals surface area contributed by atoms with Gasteiger partial charge in [0.05, 0.1) is 29.0 Å². The van der Waals surface area contributed by atoms with Crippen LogP contribution in [0.15, 0.2) is 24.5 Å². The average Bonchev–Trinajstić information content (AvgIpc) is 2.83. The van der Waals surface area contributed by atoms with Crippen LogP contribution in [0.5, 0.6) is 0 Å². The molecule has 0 radical (unpaired) electrons. The van der Waals surface area contributed by atoms with E-state index in [1.165, 1.54) is 6.20 Å². The largest absolute Gasteiger partial charge is 0.477 e. The molecule has 2 heterocycles. The lowest BCUT2D eigenvalue weighted by Gasteiger charge is -2.13. The monoisotopic (exact) mass is 319 g/mol. The van der Waals surface area contributed by atoms with E-state index in [0.29, 0.717) is 16.4 Å². The van der Waals surface area contributed by atoms with E-state index < -0.39 is 5.97 Å². The predicted octanol–water partition coefficient (Wildman–Crippen LogP) is 2.72. The third-order valence-electron chi connectivity index (χ3n) is 2.81. The van der Waals surface area contributed by atoms with Gasteiger partial charge in [-0.15, -0.1) is 11.3 Å². The van der Waals surface area contributed by atoms with Crippen molar-refractivity contribution in [2.75, 3.05) is 5.32 Å². The number of pyridine rings is 1. The lowest BCUT2D eigenvalue weighted by atomic mass is 9.98. The van der Waals surface area contributed by atoms with Crippen LogP contribution in [0.25, 0.3) is 0 Å². The number of amides is 1. The maximum Gasteiger partial charge on any atom is 0.347 e. The molecule has 2 aromatic rings. The molecule has 0 aliphatic carbocycles. The van der Waals surface area contributed by atoms with E-state index >= 15 is 0 Å². The summed E-state index contributed by atoms with van der Waals surface area (Å²) in [6, 6.07) is 3.42. The van der Waals surface area contributed by atoms with Crippen LogP contribution in [0, 0.1) is 0 Å². The second-order valence-corrected chi connectivity index (χ2v) is 6.82. The second-order valence-electron chi connectivity index (χ2n) is 5.82. The normalized spacial score (nSPS) is 11.2. The van der Waals surface area contributed by atoms with Crippen molar-refractivity contribution in [3.05, 3.63) is 40.1 Å². The number of hydrogen-bond acceptors (Lipinski definition) is 5. The number of carboxylic acid groups (broad SMARTS) is 1. The fraction of sp³-hybridized carbons (Fsp3) is 0.333. The van der Waals surface area contributed by atoms with Gasteiger partial charge in [-0.2, -0.15) is 0 Å². The van der Waals surface area contributed by atoms with E-state index in [2.05, 4.69) is 15.3 Å². The fourth-order valence-electron chi connectivity index (χ4n) is 1.75. The summed E-state index contributed by atoms with van der Waals surface area (Å²) in [5.41, 5.74) is 0.604. The van der Waals surface area contributed by atoms with Gasteiger partial charge in [-0.25, -0.2) is 9.78 Å². The Kier molecular flexibility index (Phi) is 4.56. The Balaban J connectivity index is 2.19. The number of carbonyl (C=O) groups is 2. The van der Waals surface area contributed by atoms with Crippen molar-refractivity contribution in [2.45, 2.75) is 32.6 Å². The molecule has 0 bridgehead atoms. The third kappa shape index (κ3) is 3.88. The van der Waals surface area contributed by atoms with Crippen molar-refractivity contribution >= 4 is 28.9 Å². The zero-order valence-corrected chi connectivity index (χ0v) is 13.4. The van der Waals surface area contributed by atoms with Crippen LogP contribution in [0.1, 0.15) is 41.1 Å². The molecule has 0 atom stereocenters. The minimum atomic E-state index is -1.06. The molecule has 0 unspecified atom stereocenters. The average molecular weight is 319 g/mol.